The summed E-state index contributed by atoms with van der Waals surface area (Å²) in [5.74, 6) is 0.322. The van der Waals surface area contributed by atoms with Gasteiger partial charge in [-0.1, -0.05) is 36.4 Å². The van der Waals surface area contributed by atoms with Gasteiger partial charge in [0.2, 0.25) is 0 Å². The van der Waals surface area contributed by atoms with Crippen LogP contribution < -0.4 is 5.32 Å². The van der Waals surface area contributed by atoms with Crippen molar-refractivity contribution in [2.45, 2.75) is 6.92 Å². The van der Waals surface area contributed by atoms with Crippen molar-refractivity contribution in [3.05, 3.63) is 60.2 Å². The van der Waals surface area contributed by atoms with Crippen molar-refractivity contribution in [1.29, 1.82) is 0 Å². The molecule has 0 aliphatic carbocycles. The molecule has 0 spiro atoms. The second-order valence-electron chi connectivity index (χ2n) is 3.40. The van der Waals surface area contributed by atoms with E-state index in [4.69, 9.17) is 5.11 Å². The molecular weight excluding hydrogens is 198 g/mol. The van der Waals surface area contributed by atoms with E-state index >= 15 is 0 Å². The minimum atomic E-state index is 0.322. The smallest absolute Gasteiger partial charge is 0.115 e. The highest BCUT2D eigenvalue weighted by Gasteiger charge is 1.88. The highest BCUT2D eigenvalue weighted by Crippen LogP contribution is 2.10. The van der Waals surface area contributed by atoms with E-state index in [1.165, 1.54) is 11.3 Å². The minimum absolute atomic E-state index is 0.322. The first-order valence-electron chi connectivity index (χ1n) is 5.21. The van der Waals surface area contributed by atoms with E-state index in [0.29, 0.717) is 5.75 Å². The van der Waals surface area contributed by atoms with Crippen LogP contribution in [-0.4, -0.2) is 12.2 Å². The molecule has 0 heterocycles. The lowest BCUT2D eigenvalue weighted by atomic mass is 10.2. The molecule has 2 nitrogen and oxygen atoms in total. The normalized spacial score (nSPS) is 8.88. The first kappa shape index (κ1) is 12.1. The molecule has 0 fully saturated rings. The number of aromatic hydroxyl groups is 1. The molecule has 0 amide bonds. The molecule has 16 heavy (non-hydrogen) atoms. The lowest BCUT2D eigenvalue weighted by Crippen LogP contribution is -1.89. The maximum Gasteiger partial charge on any atom is 0.115 e. The number of phenols is 1. The molecule has 0 bridgehead atoms. The highest BCUT2D eigenvalue weighted by molar-refractivity contribution is 5.49. The third kappa shape index (κ3) is 4.05. The average Bonchev–Trinajstić information content (AvgIpc) is 2.31. The van der Waals surface area contributed by atoms with Crippen molar-refractivity contribution in [2.24, 2.45) is 0 Å². The van der Waals surface area contributed by atoms with E-state index in [9.17, 15) is 0 Å². The van der Waals surface area contributed by atoms with Crippen LogP contribution >= 0.6 is 0 Å². The van der Waals surface area contributed by atoms with Crippen LogP contribution in [0.3, 0.4) is 0 Å². The van der Waals surface area contributed by atoms with Gasteiger partial charge in [0, 0.05) is 12.7 Å². The Labute approximate surface area is 96.6 Å². The predicted octanol–water partition coefficient (Wildman–Crippen LogP) is 3.43. The molecule has 2 N–H and O–H groups in total. The topological polar surface area (TPSA) is 32.3 Å². The lowest BCUT2D eigenvalue weighted by Gasteiger charge is -2.01. The van der Waals surface area contributed by atoms with Crippen LogP contribution in [0, 0.1) is 6.92 Å². The van der Waals surface area contributed by atoms with Crippen molar-refractivity contribution < 1.29 is 5.11 Å². The third-order valence-corrected chi connectivity index (χ3v) is 2.17. The summed E-state index contributed by atoms with van der Waals surface area (Å²) >= 11 is 0. The van der Waals surface area contributed by atoms with Crippen LogP contribution in [-0.2, 0) is 0 Å². The minimum Gasteiger partial charge on any atom is -0.508 e. The number of aryl methyl sites for hydroxylation is 1. The first-order valence-corrected chi connectivity index (χ1v) is 5.21. The van der Waals surface area contributed by atoms with Crippen LogP contribution in [0.5, 0.6) is 5.75 Å². The first-order chi connectivity index (χ1) is 7.74. The molecule has 84 valence electrons. The number of anilines is 1. The highest BCUT2D eigenvalue weighted by atomic mass is 16.3. The number of nitrogens with one attached hydrogen (secondary N) is 1. The summed E-state index contributed by atoms with van der Waals surface area (Å²) in [6.07, 6.45) is 0. The standard InChI is InChI=1S/C8H11N.C6H6O/c1-7-5-3-4-6-8(7)9-2;7-6-4-2-1-3-5-6/h3-6,9H,1-2H3;1-5,7H. The zero-order valence-electron chi connectivity index (χ0n) is 9.64. The van der Waals surface area contributed by atoms with Crippen molar-refractivity contribution in [2.75, 3.05) is 12.4 Å². The molecule has 0 saturated heterocycles. The Bertz CT molecular complexity index is 412. The Balaban J connectivity index is 0.000000165. The van der Waals surface area contributed by atoms with Crippen molar-refractivity contribution in [3.8, 4) is 5.75 Å². The second kappa shape index (κ2) is 6.51. The number of hydrogen-bond donors (Lipinski definition) is 2. The molecule has 0 unspecified atom stereocenters. The summed E-state index contributed by atoms with van der Waals surface area (Å²) in [6, 6.07) is 16.9. The molecule has 0 saturated carbocycles. The number of phenolic OH excluding ortho intramolecular Hbond substituents is 1. The number of hydrogen-bond acceptors (Lipinski definition) is 2. The maximum absolute atomic E-state index is 8.63. The Kier molecular flexibility index (Phi) is 4.93. The van der Waals surface area contributed by atoms with Gasteiger partial charge in [0.05, 0.1) is 0 Å². The second-order valence-corrected chi connectivity index (χ2v) is 3.40. The van der Waals surface area contributed by atoms with Gasteiger partial charge in [-0.3, -0.25) is 0 Å². The van der Waals surface area contributed by atoms with Gasteiger partial charge in [-0.15, -0.1) is 0 Å². The zero-order chi connectivity index (χ0) is 11.8. The fraction of sp³-hybridized carbons (Fsp3) is 0.143. The summed E-state index contributed by atoms with van der Waals surface area (Å²) in [5, 5.41) is 11.7. The van der Waals surface area contributed by atoms with Gasteiger partial charge in [-0.2, -0.15) is 0 Å². The average molecular weight is 215 g/mol. The molecule has 2 rings (SSSR count). The Hall–Kier alpha value is -1.96. The van der Waals surface area contributed by atoms with Crippen LogP contribution in [0.4, 0.5) is 5.69 Å². The Morgan fingerprint density at radius 3 is 1.81 bits per heavy atom. The maximum atomic E-state index is 8.63. The van der Waals surface area contributed by atoms with E-state index in [1.807, 2.05) is 25.2 Å². The lowest BCUT2D eigenvalue weighted by molar-refractivity contribution is 0.475. The third-order valence-electron chi connectivity index (χ3n) is 2.17. The quantitative estimate of drug-likeness (QED) is 0.763. The van der Waals surface area contributed by atoms with Crippen molar-refractivity contribution >= 4 is 5.69 Å². The van der Waals surface area contributed by atoms with Gasteiger partial charge >= 0.3 is 0 Å². The predicted molar refractivity (Wildman–Crippen MR) is 68.8 cm³/mol. The summed E-state index contributed by atoms with van der Waals surface area (Å²) < 4.78 is 0. The van der Waals surface area contributed by atoms with Crippen molar-refractivity contribution in [1.82, 2.24) is 0 Å². The van der Waals surface area contributed by atoms with Crippen molar-refractivity contribution in [3.63, 3.8) is 0 Å². The molecule has 0 atom stereocenters. The van der Waals surface area contributed by atoms with Crippen LogP contribution in [0.15, 0.2) is 54.6 Å². The monoisotopic (exact) mass is 215 g/mol. The summed E-state index contributed by atoms with van der Waals surface area (Å²) in [5.41, 5.74) is 2.50. The van der Waals surface area contributed by atoms with E-state index in [1.54, 1.807) is 24.3 Å². The molecule has 2 aromatic carbocycles. The summed E-state index contributed by atoms with van der Waals surface area (Å²) in [4.78, 5) is 0. The van der Waals surface area contributed by atoms with E-state index in [0.717, 1.165) is 0 Å². The van der Waals surface area contributed by atoms with Crippen LogP contribution in [0.2, 0.25) is 0 Å². The van der Waals surface area contributed by atoms with Crippen LogP contribution in [0.25, 0.3) is 0 Å². The van der Waals surface area contributed by atoms with Gasteiger partial charge in [0.1, 0.15) is 5.75 Å². The number of benzene rings is 2. The van der Waals surface area contributed by atoms with Gasteiger partial charge in [0.15, 0.2) is 0 Å². The molecule has 2 aromatic rings. The fourth-order valence-corrected chi connectivity index (χ4v) is 1.28. The SMILES string of the molecule is CNc1ccccc1C.Oc1ccccc1. The van der Waals surface area contributed by atoms with E-state index < -0.39 is 0 Å². The van der Waals surface area contributed by atoms with Gasteiger partial charge in [-0.25, -0.2) is 0 Å². The molecule has 0 aliphatic heterocycles. The van der Waals surface area contributed by atoms with Crippen LogP contribution in [0.1, 0.15) is 5.56 Å². The molecular formula is C14H17NO. The molecule has 0 aromatic heterocycles. The van der Waals surface area contributed by atoms with Gasteiger partial charge < -0.3 is 10.4 Å². The zero-order valence-corrected chi connectivity index (χ0v) is 9.64. The number of para-hydroxylation sites is 2. The molecule has 0 aliphatic rings. The largest absolute Gasteiger partial charge is 0.508 e. The van der Waals surface area contributed by atoms with E-state index in [-0.39, 0.29) is 0 Å². The van der Waals surface area contributed by atoms with Gasteiger partial charge in [0.25, 0.3) is 0 Å². The molecule has 0 radical (unpaired) electrons. The Morgan fingerprint density at radius 1 is 0.875 bits per heavy atom. The summed E-state index contributed by atoms with van der Waals surface area (Å²) in [6.45, 7) is 2.09. The van der Waals surface area contributed by atoms with Gasteiger partial charge in [-0.05, 0) is 30.7 Å². The van der Waals surface area contributed by atoms with E-state index in [2.05, 4.69) is 24.4 Å². The Morgan fingerprint density at radius 2 is 1.44 bits per heavy atom. The molecule has 2 heteroatoms. The summed E-state index contributed by atoms with van der Waals surface area (Å²) in [7, 11) is 1.93. The number of rotatable bonds is 1. The fourth-order valence-electron chi connectivity index (χ4n) is 1.28.